The van der Waals surface area contributed by atoms with E-state index in [1.807, 2.05) is 6.07 Å². The number of nitro groups is 1. The summed E-state index contributed by atoms with van der Waals surface area (Å²) < 4.78 is 4.51. The maximum Gasteiger partial charge on any atom is 0.305 e. The van der Waals surface area contributed by atoms with Crippen LogP contribution in [0.1, 0.15) is 39.1 Å². The number of nitrogens with one attached hydrogen (secondary N) is 2. The van der Waals surface area contributed by atoms with Crippen molar-refractivity contribution < 1.29 is 24.0 Å². The van der Waals surface area contributed by atoms with E-state index in [1.165, 1.54) is 43.5 Å². The summed E-state index contributed by atoms with van der Waals surface area (Å²) in [5.74, 6) is -1.23. The molecule has 0 aliphatic heterocycles. The molecule has 10 nitrogen and oxygen atoms in total. The van der Waals surface area contributed by atoms with Gasteiger partial charge in [-0.3, -0.25) is 24.5 Å². The lowest BCUT2D eigenvalue weighted by Crippen LogP contribution is -2.25. The second kappa shape index (κ2) is 11.1. The molecule has 0 aromatic heterocycles. The van der Waals surface area contributed by atoms with Gasteiger partial charge in [0, 0.05) is 30.2 Å². The lowest BCUT2D eigenvalue weighted by molar-refractivity contribution is -0.384. The van der Waals surface area contributed by atoms with Crippen molar-refractivity contribution in [2.24, 2.45) is 0 Å². The van der Waals surface area contributed by atoms with Crippen molar-refractivity contribution in [3.8, 4) is 6.07 Å². The van der Waals surface area contributed by atoms with Crippen molar-refractivity contribution in [3.05, 3.63) is 69.3 Å². The summed E-state index contributed by atoms with van der Waals surface area (Å²) in [4.78, 5) is 46.3. The largest absolute Gasteiger partial charge is 0.469 e. The van der Waals surface area contributed by atoms with Crippen molar-refractivity contribution in [2.45, 2.75) is 12.8 Å². The molecular formula is C21H20N4O6. The van der Waals surface area contributed by atoms with Gasteiger partial charge in [0.1, 0.15) is 5.69 Å². The Labute approximate surface area is 178 Å². The van der Waals surface area contributed by atoms with Crippen molar-refractivity contribution in [1.29, 1.82) is 5.26 Å². The second-order valence-corrected chi connectivity index (χ2v) is 6.39. The number of benzene rings is 2. The number of ether oxygens (including phenoxy) is 1. The first kappa shape index (κ1) is 23.0. The summed E-state index contributed by atoms with van der Waals surface area (Å²) >= 11 is 0. The van der Waals surface area contributed by atoms with Crippen LogP contribution in [0.25, 0.3) is 0 Å². The normalized spacial score (nSPS) is 9.94. The van der Waals surface area contributed by atoms with Crippen LogP contribution in [-0.4, -0.2) is 42.8 Å². The number of carbonyl (C=O) groups excluding carboxylic acids is 3. The van der Waals surface area contributed by atoms with E-state index in [4.69, 9.17) is 5.26 Å². The minimum atomic E-state index is -0.650. The number of esters is 1. The third kappa shape index (κ3) is 6.64. The van der Waals surface area contributed by atoms with Crippen LogP contribution >= 0.6 is 0 Å². The Hall–Kier alpha value is -4.26. The molecule has 31 heavy (non-hydrogen) atoms. The van der Waals surface area contributed by atoms with Crippen molar-refractivity contribution >= 4 is 29.0 Å². The first-order chi connectivity index (χ1) is 14.8. The lowest BCUT2D eigenvalue weighted by Gasteiger charge is -2.09. The number of Topliss-reactive ketones (excluding diaryl/α,β-unsaturated/α-hetero) is 1. The Morgan fingerprint density at radius 3 is 2.42 bits per heavy atom. The van der Waals surface area contributed by atoms with Crippen LogP contribution in [0.4, 0.5) is 11.4 Å². The standard InChI is InChI=1S/C21H20N4O6/c1-31-20(27)3-2-10-23-21(28)16-8-9-17(18(11-16)25(29)30)24-13-19(26)15-6-4-14(12-22)5-7-15/h4-9,11,24H,2-3,10,13H2,1H3,(H,23,28). The molecule has 10 heteroatoms. The number of methoxy groups -OCH3 is 1. The molecule has 0 aliphatic carbocycles. The molecule has 0 heterocycles. The third-order valence-corrected chi connectivity index (χ3v) is 4.30. The van der Waals surface area contributed by atoms with Crippen LogP contribution < -0.4 is 10.6 Å². The smallest absolute Gasteiger partial charge is 0.305 e. The summed E-state index contributed by atoms with van der Waals surface area (Å²) in [5, 5.41) is 25.5. The van der Waals surface area contributed by atoms with E-state index in [-0.39, 0.29) is 42.2 Å². The molecule has 0 saturated carbocycles. The van der Waals surface area contributed by atoms with Crippen LogP contribution in [0.3, 0.4) is 0 Å². The Morgan fingerprint density at radius 1 is 1.13 bits per heavy atom. The molecule has 0 unspecified atom stereocenters. The van der Waals surface area contributed by atoms with Gasteiger partial charge < -0.3 is 15.4 Å². The maximum atomic E-state index is 12.3. The molecule has 0 radical (unpaired) electrons. The van der Waals surface area contributed by atoms with E-state index in [2.05, 4.69) is 15.4 Å². The number of hydrogen-bond donors (Lipinski definition) is 2. The zero-order valence-electron chi connectivity index (χ0n) is 16.7. The van der Waals surface area contributed by atoms with Gasteiger partial charge in [-0.2, -0.15) is 5.26 Å². The van der Waals surface area contributed by atoms with Gasteiger partial charge in [-0.1, -0.05) is 12.1 Å². The summed E-state index contributed by atoms with van der Waals surface area (Å²) in [6.45, 7) is 0.00658. The summed E-state index contributed by atoms with van der Waals surface area (Å²) in [6, 6.07) is 11.8. The highest BCUT2D eigenvalue weighted by Crippen LogP contribution is 2.25. The number of nitro benzene ring substituents is 1. The summed E-state index contributed by atoms with van der Waals surface area (Å²) in [6.07, 6.45) is 0.519. The highest BCUT2D eigenvalue weighted by Gasteiger charge is 2.18. The zero-order valence-corrected chi connectivity index (χ0v) is 16.7. The molecule has 0 saturated heterocycles. The summed E-state index contributed by atoms with van der Waals surface area (Å²) in [5.41, 5.74) is 0.592. The first-order valence-corrected chi connectivity index (χ1v) is 9.26. The Kier molecular flexibility index (Phi) is 8.22. The average molecular weight is 424 g/mol. The first-order valence-electron chi connectivity index (χ1n) is 9.26. The number of carbonyl (C=O) groups is 3. The summed E-state index contributed by atoms with van der Waals surface area (Å²) in [7, 11) is 1.27. The van der Waals surface area contributed by atoms with Crippen LogP contribution in [0.5, 0.6) is 0 Å². The molecule has 0 spiro atoms. The molecule has 1 amide bonds. The number of rotatable bonds is 10. The van der Waals surface area contributed by atoms with Gasteiger partial charge in [0.05, 0.1) is 30.2 Å². The van der Waals surface area contributed by atoms with Gasteiger partial charge in [0.2, 0.25) is 0 Å². The quantitative estimate of drug-likeness (QED) is 0.194. The van der Waals surface area contributed by atoms with Crippen LogP contribution in [-0.2, 0) is 9.53 Å². The zero-order chi connectivity index (χ0) is 22.8. The van der Waals surface area contributed by atoms with E-state index < -0.39 is 16.8 Å². The predicted octanol–water partition coefficient (Wildman–Crippen LogP) is 2.44. The number of nitriles is 1. The molecule has 0 bridgehead atoms. The molecule has 2 aromatic rings. The second-order valence-electron chi connectivity index (χ2n) is 6.39. The third-order valence-electron chi connectivity index (χ3n) is 4.30. The number of amides is 1. The van der Waals surface area contributed by atoms with Gasteiger partial charge in [-0.15, -0.1) is 0 Å². The van der Waals surface area contributed by atoms with Crippen LogP contribution in [0.2, 0.25) is 0 Å². The molecule has 2 N–H and O–H groups in total. The highest BCUT2D eigenvalue weighted by atomic mass is 16.6. The minimum absolute atomic E-state index is 0.0775. The average Bonchev–Trinajstić information content (AvgIpc) is 2.79. The molecule has 0 fully saturated rings. The van der Waals surface area contributed by atoms with Crippen molar-refractivity contribution in [1.82, 2.24) is 5.32 Å². The Morgan fingerprint density at radius 2 is 1.81 bits per heavy atom. The SMILES string of the molecule is COC(=O)CCCNC(=O)c1ccc(NCC(=O)c2ccc(C#N)cc2)c([N+](=O)[O-])c1. The monoisotopic (exact) mass is 424 g/mol. The molecule has 0 aliphatic rings. The highest BCUT2D eigenvalue weighted by molar-refractivity contribution is 5.99. The van der Waals surface area contributed by atoms with E-state index in [0.29, 0.717) is 17.5 Å². The van der Waals surface area contributed by atoms with E-state index in [9.17, 15) is 24.5 Å². The molecule has 0 atom stereocenters. The van der Waals surface area contributed by atoms with Gasteiger partial charge in [-0.25, -0.2) is 0 Å². The number of anilines is 1. The topological polar surface area (TPSA) is 151 Å². The van der Waals surface area contributed by atoms with E-state index >= 15 is 0 Å². The fraction of sp³-hybridized carbons (Fsp3) is 0.238. The number of ketones is 1. The Balaban J connectivity index is 2.01. The van der Waals surface area contributed by atoms with Gasteiger partial charge in [-0.05, 0) is 30.7 Å². The van der Waals surface area contributed by atoms with Crippen LogP contribution in [0.15, 0.2) is 42.5 Å². The molecular weight excluding hydrogens is 404 g/mol. The minimum Gasteiger partial charge on any atom is -0.469 e. The maximum absolute atomic E-state index is 12.3. The lowest BCUT2D eigenvalue weighted by atomic mass is 10.1. The van der Waals surface area contributed by atoms with E-state index in [1.54, 1.807) is 0 Å². The fourth-order valence-corrected chi connectivity index (χ4v) is 2.62. The fourth-order valence-electron chi connectivity index (χ4n) is 2.62. The molecule has 2 rings (SSSR count). The van der Waals surface area contributed by atoms with Gasteiger partial charge in [0.15, 0.2) is 5.78 Å². The van der Waals surface area contributed by atoms with Crippen LogP contribution in [0, 0.1) is 21.4 Å². The predicted molar refractivity (Wildman–Crippen MR) is 111 cm³/mol. The van der Waals surface area contributed by atoms with Gasteiger partial charge in [0.25, 0.3) is 11.6 Å². The Bertz CT molecular complexity index is 1030. The van der Waals surface area contributed by atoms with Crippen molar-refractivity contribution in [2.75, 3.05) is 25.5 Å². The van der Waals surface area contributed by atoms with Crippen molar-refractivity contribution in [3.63, 3.8) is 0 Å². The van der Waals surface area contributed by atoms with Gasteiger partial charge >= 0.3 is 5.97 Å². The van der Waals surface area contributed by atoms with E-state index in [0.717, 1.165) is 6.07 Å². The number of nitrogens with zero attached hydrogens (tertiary/aromatic N) is 2. The number of hydrogen-bond acceptors (Lipinski definition) is 8. The molecule has 2 aromatic carbocycles. The molecule has 160 valence electrons.